The van der Waals surface area contributed by atoms with Crippen LogP contribution in [0.15, 0.2) is 71.6 Å². The van der Waals surface area contributed by atoms with Crippen molar-refractivity contribution in [2.24, 2.45) is 0 Å². The standard InChI is InChI=1S/C17H14N2O2/c20-17(19-12-13-4-2-8-18-11-13)15-6-1-5-14(10-15)16-7-3-9-21-16/h1-11H,12H2,(H,19,20). The number of nitrogens with zero attached hydrogens (tertiary/aromatic N) is 1. The van der Waals surface area contributed by atoms with Gasteiger partial charge in [0.2, 0.25) is 0 Å². The van der Waals surface area contributed by atoms with Crippen LogP contribution >= 0.6 is 0 Å². The quantitative estimate of drug-likeness (QED) is 0.797. The van der Waals surface area contributed by atoms with Crippen molar-refractivity contribution in [1.82, 2.24) is 10.3 Å². The molecule has 2 aromatic heterocycles. The molecule has 4 heteroatoms. The fourth-order valence-electron chi connectivity index (χ4n) is 2.04. The van der Waals surface area contributed by atoms with E-state index in [2.05, 4.69) is 10.3 Å². The molecule has 0 bridgehead atoms. The number of hydrogen-bond donors (Lipinski definition) is 1. The minimum atomic E-state index is -0.118. The molecule has 0 saturated carbocycles. The van der Waals surface area contributed by atoms with Crippen molar-refractivity contribution in [3.05, 3.63) is 78.3 Å². The van der Waals surface area contributed by atoms with Gasteiger partial charge in [-0.25, -0.2) is 0 Å². The molecule has 1 N–H and O–H groups in total. The number of furan rings is 1. The van der Waals surface area contributed by atoms with E-state index in [0.717, 1.165) is 16.9 Å². The Labute approximate surface area is 122 Å². The van der Waals surface area contributed by atoms with Crippen LogP contribution in [0.1, 0.15) is 15.9 Å². The van der Waals surface area contributed by atoms with E-state index >= 15 is 0 Å². The summed E-state index contributed by atoms with van der Waals surface area (Å²) in [6.07, 6.45) is 5.06. The summed E-state index contributed by atoms with van der Waals surface area (Å²) in [6.45, 7) is 0.456. The van der Waals surface area contributed by atoms with Gasteiger partial charge in [-0.05, 0) is 35.9 Å². The highest BCUT2D eigenvalue weighted by molar-refractivity contribution is 5.95. The van der Waals surface area contributed by atoms with Crippen LogP contribution < -0.4 is 5.32 Å². The molecule has 1 amide bonds. The third kappa shape index (κ3) is 3.17. The summed E-state index contributed by atoms with van der Waals surface area (Å²) < 4.78 is 5.34. The van der Waals surface area contributed by atoms with Crippen LogP contribution in [0, 0.1) is 0 Å². The van der Waals surface area contributed by atoms with E-state index in [9.17, 15) is 4.79 Å². The van der Waals surface area contributed by atoms with Crippen LogP contribution in [-0.4, -0.2) is 10.9 Å². The molecule has 104 valence electrons. The van der Waals surface area contributed by atoms with Crippen LogP contribution in [0.25, 0.3) is 11.3 Å². The van der Waals surface area contributed by atoms with Crippen LogP contribution in [-0.2, 0) is 6.54 Å². The SMILES string of the molecule is O=C(NCc1cccnc1)c1cccc(-c2ccco2)c1. The predicted molar refractivity (Wildman–Crippen MR) is 79.6 cm³/mol. The molecule has 0 atom stereocenters. The number of nitrogens with one attached hydrogen (secondary N) is 1. The fourth-order valence-corrected chi connectivity index (χ4v) is 2.04. The van der Waals surface area contributed by atoms with Gasteiger partial charge >= 0.3 is 0 Å². The van der Waals surface area contributed by atoms with E-state index in [4.69, 9.17) is 4.42 Å². The summed E-state index contributed by atoms with van der Waals surface area (Å²) in [6, 6.07) is 14.8. The predicted octanol–water partition coefficient (Wildman–Crippen LogP) is 3.27. The molecule has 0 aliphatic heterocycles. The maximum absolute atomic E-state index is 12.2. The number of carbonyl (C=O) groups is 1. The van der Waals surface area contributed by atoms with Crippen LogP contribution in [0.3, 0.4) is 0 Å². The van der Waals surface area contributed by atoms with Gasteiger partial charge in [0.1, 0.15) is 5.76 Å². The minimum absolute atomic E-state index is 0.118. The summed E-state index contributed by atoms with van der Waals surface area (Å²) >= 11 is 0. The number of hydrogen-bond acceptors (Lipinski definition) is 3. The van der Waals surface area contributed by atoms with Crippen LogP contribution in [0.2, 0.25) is 0 Å². The van der Waals surface area contributed by atoms with Gasteiger partial charge in [0.25, 0.3) is 5.91 Å². The molecule has 2 heterocycles. The number of aromatic nitrogens is 1. The first-order valence-corrected chi connectivity index (χ1v) is 6.64. The van der Waals surface area contributed by atoms with E-state index in [-0.39, 0.29) is 5.91 Å². The second-order valence-corrected chi connectivity index (χ2v) is 4.60. The molecule has 0 unspecified atom stereocenters. The Morgan fingerprint density at radius 3 is 2.86 bits per heavy atom. The van der Waals surface area contributed by atoms with E-state index < -0.39 is 0 Å². The van der Waals surface area contributed by atoms with Crippen molar-refractivity contribution in [2.45, 2.75) is 6.54 Å². The molecule has 21 heavy (non-hydrogen) atoms. The lowest BCUT2D eigenvalue weighted by molar-refractivity contribution is 0.0951. The van der Waals surface area contributed by atoms with Crippen molar-refractivity contribution in [3.63, 3.8) is 0 Å². The normalized spacial score (nSPS) is 10.3. The number of pyridine rings is 1. The van der Waals surface area contributed by atoms with Gasteiger partial charge in [0.05, 0.1) is 6.26 Å². The molecule has 0 fully saturated rings. The maximum Gasteiger partial charge on any atom is 0.251 e. The van der Waals surface area contributed by atoms with Gasteiger partial charge in [-0.1, -0.05) is 18.2 Å². The molecule has 3 aromatic rings. The molecule has 0 aliphatic carbocycles. The molecule has 4 nitrogen and oxygen atoms in total. The van der Waals surface area contributed by atoms with Gasteiger partial charge < -0.3 is 9.73 Å². The first-order valence-electron chi connectivity index (χ1n) is 6.64. The second-order valence-electron chi connectivity index (χ2n) is 4.60. The van der Waals surface area contributed by atoms with Crippen molar-refractivity contribution < 1.29 is 9.21 Å². The fraction of sp³-hybridized carbons (Fsp3) is 0.0588. The minimum Gasteiger partial charge on any atom is -0.464 e. The Morgan fingerprint density at radius 2 is 2.10 bits per heavy atom. The highest BCUT2D eigenvalue weighted by Crippen LogP contribution is 2.20. The number of carbonyl (C=O) groups excluding carboxylic acids is 1. The lowest BCUT2D eigenvalue weighted by Crippen LogP contribution is -2.22. The smallest absolute Gasteiger partial charge is 0.251 e. The number of benzene rings is 1. The molecule has 3 rings (SSSR count). The molecule has 1 aromatic carbocycles. The van der Waals surface area contributed by atoms with Gasteiger partial charge in [-0.2, -0.15) is 0 Å². The summed E-state index contributed by atoms with van der Waals surface area (Å²) in [4.78, 5) is 16.2. The van der Waals surface area contributed by atoms with Gasteiger partial charge in [-0.15, -0.1) is 0 Å². The van der Waals surface area contributed by atoms with E-state index in [1.807, 2.05) is 42.5 Å². The molecule has 0 saturated heterocycles. The van der Waals surface area contributed by atoms with Gasteiger partial charge in [0.15, 0.2) is 0 Å². The lowest BCUT2D eigenvalue weighted by atomic mass is 10.1. The van der Waals surface area contributed by atoms with E-state index in [0.29, 0.717) is 12.1 Å². The highest BCUT2D eigenvalue weighted by atomic mass is 16.3. The first-order chi connectivity index (χ1) is 10.3. The summed E-state index contributed by atoms with van der Waals surface area (Å²) in [7, 11) is 0. The maximum atomic E-state index is 12.2. The van der Waals surface area contributed by atoms with Gasteiger partial charge in [-0.3, -0.25) is 9.78 Å². The van der Waals surface area contributed by atoms with E-state index in [1.165, 1.54) is 0 Å². The van der Waals surface area contributed by atoms with Gasteiger partial charge in [0, 0.05) is 30.1 Å². The topological polar surface area (TPSA) is 55.1 Å². The third-order valence-corrected chi connectivity index (χ3v) is 3.11. The zero-order valence-electron chi connectivity index (χ0n) is 11.3. The Hall–Kier alpha value is -2.88. The van der Waals surface area contributed by atoms with Crippen molar-refractivity contribution >= 4 is 5.91 Å². The average Bonchev–Trinajstić information content (AvgIpc) is 3.08. The first kappa shape index (κ1) is 13.1. The Balaban J connectivity index is 1.72. The molecule has 0 aliphatic rings. The molecular weight excluding hydrogens is 264 g/mol. The Bertz CT molecular complexity index is 722. The Kier molecular flexibility index (Phi) is 3.78. The number of rotatable bonds is 4. The lowest BCUT2D eigenvalue weighted by Gasteiger charge is -2.06. The second kappa shape index (κ2) is 6.05. The average molecular weight is 278 g/mol. The zero-order chi connectivity index (χ0) is 14.5. The summed E-state index contributed by atoms with van der Waals surface area (Å²) in [5.41, 5.74) is 2.45. The van der Waals surface area contributed by atoms with Crippen LogP contribution in [0.5, 0.6) is 0 Å². The third-order valence-electron chi connectivity index (χ3n) is 3.11. The van der Waals surface area contributed by atoms with Crippen molar-refractivity contribution in [1.29, 1.82) is 0 Å². The van der Waals surface area contributed by atoms with Crippen molar-refractivity contribution in [3.8, 4) is 11.3 Å². The largest absolute Gasteiger partial charge is 0.464 e. The van der Waals surface area contributed by atoms with Crippen molar-refractivity contribution in [2.75, 3.05) is 0 Å². The zero-order valence-corrected chi connectivity index (χ0v) is 11.3. The monoisotopic (exact) mass is 278 g/mol. The Morgan fingerprint density at radius 1 is 1.14 bits per heavy atom. The number of amides is 1. The van der Waals surface area contributed by atoms with Crippen LogP contribution in [0.4, 0.5) is 0 Å². The summed E-state index contributed by atoms with van der Waals surface area (Å²) in [5, 5.41) is 2.88. The highest BCUT2D eigenvalue weighted by Gasteiger charge is 2.08. The van der Waals surface area contributed by atoms with E-state index in [1.54, 1.807) is 24.7 Å². The molecular formula is C17H14N2O2. The molecule has 0 spiro atoms. The molecule has 0 radical (unpaired) electrons. The summed E-state index contributed by atoms with van der Waals surface area (Å²) in [5.74, 6) is 0.629.